The van der Waals surface area contributed by atoms with Gasteiger partial charge in [-0.3, -0.25) is 4.79 Å². The second-order valence-corrected chi connectivity index (χ2v) is 10.5. The van der Waals surface area contributed by atoms with Crippen LogP contribution < -0.4 is 24.8 Å². The van der Waals surface area contributed by atoms with Crippen LogP contribution in [0.1, 0.15) is 6.92 Å². The molecule has 1 aliphatic heterocycles. The number of carbonyl (C=O) groups excluding carboxylic acids is 1. The Morgan fingerprint density at radius 1 is 1.11 bits per heavy atom. The van der Waals surface area contributed by atoms with Gasteiger partial charge in [0.25, 0.3) is 0 Å². The molecule has 2 aromatic carbocycles. The number of halogens is 1. The van der Waals surface area contributed by atoms with Gasteiger partial charge in [-0.25, -0.2) is 29.0 Å². The molecule has 17 heteroatoms. The topological polar surface area (TPSA) is 141 Å². The van der Waals surface area contributed by atoms with Gasteiger partial charge in [0.1, 0.15) is 58.7 Å². The number of ether oxygens (including phenoxy) is 3. The molecular formula is C30H25B3FN9O4. The maximum absolute atomic E-state index is 15.3. The third-order valence-corrected chi connectivity index (χ3v) is 6.89. The van der Waals surface area contributed by atoms with Gasteiger partial charge in [0, 0.05) is 42.9 Å². The van der Waals surface area contributed by atoms with Crippen molar-refractivity contribution in [3.05, 3.63) is 79.8 Å². The molecule has 4 heterocycles. The smallest absolute Gasteiger partial charge is 0.314 e. The molecule has 2 N–H and O–H groups in total. The molecule has 47 heavy (non-hydrogen) atoms. The number of fused-ring (bicyclic) bond motifs is 1. The largest absolute Gasteiger partial charge is 0.492 e. The molecule has 0 atom stereocenters. The van der Waals surface area contributed by atoms with Crippen LogP contribution in [0.25, 0.3) is 16.6 Å². The Hall–Kier alpha value is -5.60. The SMILES string of the molecule is [B]C([B])([B])Oc1ncc(-n2ccc(Oc3ccc(Nc4ncnc5cc(OCC)c(NC6CN(C(=O)C=C)C6)cc45)c(F)c3)n2)cn1. The molecule has 3 aromatic heterocycles. The van der Waals surface area contributed by atoms with Crippen molar-refractivity contribution in [2.45, 2.75) is 18.3 Å². The molecule has 230 valence electrons. The number of carbonyl (C=O) groups is 1. The number of aromatic nitrogens is 6. The highest BCUT2D eigenvalue weighted by molar-refractivity contribution is 6.58. The van der Waals surface area contributed by atoms with Crippen molar-refractivity contribution in [3.8, 4) is 29.1 Å². The van der Waals surface area contributed by atoms with E-state index in [0.29, 0.717) is 53.5 Å². The molecule has 1 saturated heterocycles. The predicted molar refractivity (Wildman–Crippen MR) is 174 cm³/mol. The lowest BCUT2D eigenvalue weighted by atomic mass is 9.52. The van der Waals surface area contributed by atoms with E-state index in [0.717, 1.165) is 0 Å². The first-order valence-electron chi connectivity index (χ1n) is 14.4. The number of rotatable bonds is 12. The quantitative estimate of drug-likeness (QED) is 0.156. The average molecular weight is 627 g/mol. The third-order valence-electron chi connectivity index (χ3n) is 6.89. The van der Waals surface area contributed by atoms with Gasteiger partial charge in [-0.05, 0) is 36.5 Å². The molecule has 1 aliphatic rings. The van der Waals surface area contributed by atoms with Gasteiger partial charge in [0.15, 0.2) is 0 Å². The van der Waals surface area contributed by atoms with E-state index in [4.69, 9.17) is 37.7 Å². The Morgan fingerprint density at radius 2 is 1.89 bits per heavy atom. The molecule has 0 bridgehead atoms. The number of hydrogen-bond donors (Lipinski definition) is 2. The van der Waals surface area contributed by atoms with E-state index in [1.807, 2.05) is 13.0 Å². The molecular weight excluding hydrogens is 602 g/mol. The molecule has 1 amide bonds. The second kappa shape index (κ2) is 13.0. The van der Waals surface area contributed by atoms with Crippen LogP contribution in [0.5, 0.6) is 23.4 Å². The van der Waals surface area contributed by atoms with Crippen molar-refractivity contribution in [2.24, 2.45) is 0 Å². The van der Waals surface area contributed by atoms with E-state index < -0.39 is 11.1 Å². The van der Waals surface area contributed by atoms with Gasteiger partial charge in [-0.2, -0.15) is 0 Å². The summed E-state index contributed by atoms with van der Waals surface area (Å²) in [5.74, 6) is 0.705. The molecule has 6 radical (unpaired) electrons. The Balaban J connectivity index is 1.16. The Kier molecular flexibility index (Phi) is 8.70. The Morgan fingerprint density at radius 3 is 2.60 bits per heavy atom. The fourth-order valence-electron chi connectivity index (χ4n) is 4.72. The number of amides is 1. The Bertz CT molecular complexity index is 1930. The number of anilines is 3. The molecule has 1 fully saturated rings. The van der Waals surface area contributed by atoms with E-state index in [1.54, 1.807) is 29.3 Å². The summed E-state index contributed by atoms with van der Waals surface area (Å²) < 4.78 is 33.4. The fourth-order valence-corrected chi connectivity index (χ4v) is 4.72. The maximum Gasteiger partial charge on any atom is 0.314 e. The number of benzene rings is 2. The van der Waals surface area contributed by atoms with Crippen LogP contribution in [-0.4, -0.2) is 95.1 Å². The lowest BCUT2D eigenvalue weighted by molar-refractivity contribution is -0.129. The molecule has 0 unspecified atom stereocenters. The van der Waals surface area contributed by atoms with Crippen LogP contribution >= 0.6 is 0 Å². The van der Waals surface area contributed by atoms with Gasteiger partial charge in [0.2, 0.25) is 11.8 Å². The summed E-state index contributed by atoms with van der Waals surface area (Å²) in [5, 5.41) is 9.52. The van der Waals surface area contributed by atoms with Crippen molar-refractivity contribution in [1.82, 2.24) is 34.6 Å². The normalized spacial score (nSPS) is 13.1. The lowest BCUT2D eigenvalue weighted by Crippen LogP contribution is -2.56. The van der Waals surface area contributed by atoms with E-state index in [1.165, 1.54) is 41.6 Å². The zero-order chi connectivity index (χ0) is 33.1. The van der Waals surface area contributed by atoms with Crippen LogP contribution in [0.4, 0.5) is 21.6 Å². The molecule has 0 aliphatic carbocycles. The van der Waals surface area contributed by atoms with Crippen LogP contribution in [0, 0.1) is 5.82 Å². The number of likely N-dealkylation sites (tertiary alicyclic amines) is 1. The first-order chi connectivity index (χ1) is 22.6. The number of nitrogens with one attached hydrogen (secondary N) is 2. The minimum Gasteiger partial charge on any atom is -0.492 e. The van der Waals surface area contributed by atoms with Crippen LogP contribution in [0.2, 0.25) is 0 Å². The van der Waals surface area contributed by atoms with Crippen LogP contribution in [-0.2, 0) is 4.79 Å². The first-order valence-corrected chi connectivity index (χ1v) is 14.4. The highest BCUT2D eigenvalue weighted by Crippen LogP contribution is 2.35. The van der Waals surface area contributed by atoms with Gasteiger partial charge < -0.3 is 29.7 Å². The zero-order valence-electron chi connectivity index (χ0n) is 25.1. The van der Waals surface area contributed by atoms with Gasteiger partial charge in [-0.1, -0.05) is 6.58 Å². The number of hydrogen-bond acceptors (Lipinski definition) is 11. The standard InChI is InChI=1S/C30H25B3FN9O4/c1-3-27(44)42-14-17(15-42)39-24-10-20-23(11-25(24)45-4-2)37-16-38-28(20)40-22-6-5-19(9-21(22)34)46-26-7-8-43(41-26)18-12-35-29(36-13-18)47-30(31,32)33/h3,5-13,16-17,39H,1,4,14-15H2,2H3,(H,37,38,40). The predicted octanol–water partition coefficient (Wildman–Crippen LogP) is 2.98. The van der Waals surface area contributed by atoms with Crippen molar-refractivity contribution in [2.75, 3.05) is 30.3 Å². The maximum atomic E-state index is 15.3. The number of nitrogens with zero attached hydrogens (tertiary/aromatic N) is 7. The van der Waals surface area contributed by atoms with E-state index >= 15 is 4.39 Å². The summed E-state index contributed by atoms with van der Waals surface area (Å²) in [7, 11) is 16.2. The van der Waals surface area contributed by atoms with E-state index in [2.05, 4.69) is 42.2 Å². The average Bonchev–Trinajstić information content (AvgIpc) is 3.48. The fraction of sp³-hybridized carbons (Fsp3) is 0.200. The van der Waals surface area contributed by atoms with Gasteiger partial charge in [0.05, 0.1) is 41.9 Å². The van der Waals surface area contributed by atoms with Gasteiger partial charge >= 0.3 is 6.01 Å². The summed E-state index contributed by atoms with van der Waals surface area (Å²) in [5.41, 5.74) is 1.95. The van der Waals surface area contributed by atoms with Crippen molar-refractivity contribution >= 4 is 57.5 Å². The Labute approximate surface area is 272 Å². The molecule has 0 saturated carbocycles. The molecule has 0 spiro atoms. The van der Waals surface area contributed by atoms with Crippen LogP contribution in [0.15, 0.2) is 74.0 Å². The highest BCUT2D eigenvalue weighted by Gasteiger charge is 2.30. The summed E-state index contributed by atoms with van der Waals surface area (Å²) >= 11 is 0. The van der Waals surface area contributed by atoms with Crippen molar-refractivity contribution in [1.29, 1.82) is 0 Å². The van der Waals surface area contributed by atoms with Crippen molar-refractivity contribution < 1.29 is 23.4 Å². The summed E-state index contributed by atoms with van der Waals surface area (Å²) in [6, 6.07) is 9.50. The minimum absolute atomic E-state index is 0.0245. The monoisotopic (exact) mass is 627 g/mol. The molecule has 6 rings (SSSR count). The van der Waals surface area contributed by atoms with E-state index in [9.17, 15) is 4.79 Å². The lowest BCUT2D eigenvalue weighted by Gasteiger charge is -2.39. The first kappa shape index (κ1) is 31.4. The van der Waals surface area contributed by atoms with Crippen molar-refractivity contribution in [3.63, 3.8) is 0 Å². The summed E-state index contributed by atoms with van der Waals surface area (Å²) in [6.07, 6.45) is 7.14. The minimum atomic E-state index is -1.92. The van der Waals surface area contributed by atoms with E-state index in [-0.39, 0.29) is 35.3 Å². The molecule has 13 nitrogen and oxygen atoms in total. The zero-order valence-corrected chi connectivity index (χ0v) is 25.1. The highest BCUT2D eigenvalue weighted by atomic mass is 19.1. The second-order valence-electron chi connectivity index (χ2n) is 10.5. The van der Waals surface area contributed by atoms with Crippen LogP contribution in [0.3, 0.4) is 0 Å². The summed E-state index contributed by atoms with van der Waals surface area (Å²) in [6.45, 7) is 6.92. The molecule has 5 aromatic rings. The third kappa shape index (κ3) is 7.29. The van der Waals surface area contributed by atoms with Gasteiger partial charge in [-0.15, -0.1) is 5.10 Å². The summed E-state index contributed by atoms with van der Waals surface area (Å²) in [4.78, 5) is 30.3.